The number of carbonyl (C=O) groups excluding carboxylic acids is 1. The molecule has 2 rings (SSSR count). The third kappa shape index (κ3) is 5.32. The van der Waals surface area contributed by atoms with Crippen LogP contribution in [0.5, 0.6) is 0 Å². The first-order valence-corrected chi connectivity index (χ1v) is 10.2. The highest BCUT2D eigenvalue weighted by atomic mass is 32.2. The van der Waals surface area contributed by atoms with Crippen molar-refractivity contribution in [2.75, 3.05) is 11.1 Å². The Hall–Kier alpha value is -2.56. The molecule has 0 aliphatic carbocycles. The zero-order chi connectivity index (χ0) is 22.9. The van der Waals surface area contributed by atoms with E-state index < -0.39 is 39.6 Å². The van der Waals surface area contributed by atoms with Gasteiger partial charge in [0.1, 0.15) is 0 Å². The van der Waals surface area contributed by atoms with Gasteiger partial charge in [0, 0.05) is 18.2 Å². The Labute approximate surface area is 168 Å². The number of nitrogens with one attached hydrogen (secondary N) is 1. The van der Waals surface area contributed by atoms with Gasteiger partial charge in [0.15, 0.2) is 15.8 Å². The maximum atomic E-state index is 13.1. The lowest BCUT2D eigenvalue weighted by Gasteiger charge is -2.24. The van der Waals surface area contributed by atoms with Crippen LogP contribution in [0.1, 0.15) is 25.3 Å². The summed E-state index contributed by atoms with van der Waals surface area (Å²) in [6.07, 6.45) is -11.2. The van der Waals surface area contributed by atoms with Crippen molar-refractivity contribution in [3.8, 4) is 11.1 Å². The van der Waals surface area contributed by atoms with Crippen molar-refractivity contribution in [2.24, 2.45) is 0 Å². The van der Waals surface area contributed by atoms with Gasteiger partial charge in [-0.05, 0) is 35.4 Å². The highest BCUT2D eigenvalue weighted by Gasteiger charge is 2.57. The molecular weight excluding hydrogens is 436 g/mol. The van der Waals surface area contributed by atoms with Crippen LogP contribution in [0.2, 0.25) is 0 Å². The van der Waals surface area contributed by atoms with Crippen LogP contribution in [0.4, 0.5) is 32.0 Å². The molecule has 0 fully saturated rings. The van der Waals surface area contributed by atoms with Gasteiger partial charge in [-0.25, -0.2) is 8.42 Å². The predicted octanol–water partition coefficient (Wildman–Crippen LogP) is 5.31. The highest BCUT2D eigenvalue weighted by molar-refractivity contribution is 7.91. The van der Waals surface area contributed by atoms with Crippen molar-refractivity contribution in [3.05, 3.63) is 48.0 Å². The zero-order valence-corrected chi connectivity index (χ0v) is 16.5. The van der Waals surface area contributed by atoms with Gasteiger partial charge in [-0.15, -0.1) is 0 Å². The number of carbonyl (C=O) groups is 1. The van der Waals surface area contributed by atoms with Crippen LogP contribution in [0.3, 0.4) is 0 Å². The van der Waals surface area contributed by atoms with Gasteiger partial charge in [0.2, 0.25) is 5.91 Å². The molecule has 1 N–H and O–H groups in total. The first-order valence-electron chi connectivity index (χ1n) is 8.55. The van der Waals surface area contributed by atoms with E-state index in [4.69, 9.17) is 0 Å². The minimum absolute atomic E-state index is 0.0135. The molecule has 0 aliphatic rings. The van der Waals surface area contributed by atoms with Gasteiger partial charge in [-0.2, -0.15) is 26.3 Å². The second kappa shape index (κ2) is 8.29. The van der Waals surface area contributed by atoms with Crippen LogP contribution in [0, 0.1) is 0 Å². The van der Waals surface area contributed by atoms with Gasteiger partial charge in [0.05, 0.1) is 10.6 Å². The second-order valence-electron chi connectivity index (χ2n) is 6.43. The van der Waals surface area contributed by atoms with Crippen molar-refractivity contribution in [1.29, 1.82) is 0 Å². The van der Waals surface area contributed by atoms with Crippen molar-refractivity contribution in [3.63, 3.8) is 0 Å². The fourth-order valence-electron chi connectivity index (χ4n) is 2.85. The van der Waals surface area contributed by atoms with Gasteiger partial charge < -0.3 is 5.32 Å². The molecule has 0 aromatic heterocycles. The largest absolute Gasteiger partial charge is 0.404 e. The number of alkyl halides is 6. The molecule has 0 radical (unpaired) electrons. The van der Waals surface area contributed by atoms with Crippen molar-refractivity contribution >= 4 is 21.4 Å². The van der Waals surface area contributed by atoms with Gasteiger partial charge in [-0.1, -0.05) is 25.1 Å². The summed E-state index contributed by atoms with van der Waals surface area (Å²) in [5.41, 5.74) is -1.04. The molecule has 164 valence electrons. The van der Waals surface area contributed by atoms with E-state index in [0.29, 0.717) is 12.1 Å². The summed E-state index contributed by atoms with van der Waals surface area (Å²) in [7, 11) is -3.55. The Kier molecular flexibility index (Phi) is 6.55. The molecule has 0 aliphatic heterocycles. The second-order valence-corrected chi connectivity index (χ2v) is 8.71. The monoisotopic (exact) mass is 453 g/mol. The molecule has 0 atom stereocenters. The van der Waals surface area contributed by atoms with E-state index in [1.807, 2.05) is 0 Å². The average Bonchev–Trinajstić information content (AvgIpc) is 2.60. The summed E-state index contributed by atoms with van der Waals surface area (Å²) in [5, 5.41) is 2.35. The lowest BCUT2D eigenvalue weighted by molar-refractivity contribution is -0.253. The normalized spacial score (nSPS) is 12.8. The third-order valence-corrected chi connectivity index (χ3v) is 6.00. The predicted molar refractivity (Wildman–Crippen MR) is 98.8 cm³/mol. The first-order chi connectivity index (χ1) is 13.7. The smallest absolute Gasteiger partial charge is 0.326 e. The van der Waals surface area contributed by atoms with Crippen molar-refractivity contribution < 1.29 is 39.6 Å². The Bertz CT molecular complexity index is 1010. The van der Waals surface area contributed by atoms with E-state index in [0.717, 1.165) is 13.0 Å². The summed E-state index contributed by atoms with van der Waals surface area (Å²) in [5.74, 6) is -4.48. The van der Waals surface area contributed by atoms with E-state index >= 15 is 0 Å². The third-order valence-electron chi connectivity index (χ3n) is 4.25. The number of amides is 1. The molecule has 2 aromatic rings. The summed E-state index contributed by atoms with van der Waals surface area (Å²) in [4.78, 5) is 11.4. The highest BCUT2D eigenvalue weighted by Crippen LogP contribution is 2.47. The number of hydrogen-bond donors (Lipinski definition) is 1. The Morgan fingerprint density at radius 2 is 1.50 bits per heavy atom. The number of sulfone groups is 1. The van der Waals surface area contributed by atoms with Crippen LogP contribution < -0.4 is 5.32 Å². The topological polar surface area (TPSA) is 63.2 Å². The van der Waals surface area contributed by atoms with Crippen molar-refractivity contribution in [1.82, 2.24) is 0 Å². The average molecular weight is 453 g/mol. The lowest BCUT2D eigenvalue weighted by atomic mass is 9.92. The number of halogens is 6. The molecule has 0 bridgehead atoms. The van der Waals surface area contributed by atoms with Crippen LogP contribution in [0.15, 0.2) is 47.4 Å². The molecule has 1 amide bonds. The summed E-state index contributed by atoms with van der Waals surface area (Å²) >= 11 is 0. The number of hydrogen-bond acceptors (Lipinski definition) is 3. The minimum atomic E-state index is -5.58. The van der Waals surface area contributed by atoms with E-state index in [-0.39, 0.29) is 27.5 Å². The summed E-state index contributed by atoms with van der Waals surface area (Å²) < 4.78 is 103. The van der Waals surface area contributed by atoms with Gasteiger partial charge in [-0.3, -0.25) is 4.79 Å². The first kappa shape index (κ1) is 23.7. The molecular formula is C19H17F6NO3S. The SMILES string of the molecule is CCS(=O)(=O)c1ccc(-c2cc(C(C(F)(F)F)C(F)(F)F)ccc2NC(C)=O)cc1. The van der Waals surface area contributed by atoms with Crippen LogP contribution >= 0.6 is 0 Å². The summed E-state index contributed by atoms with van der Waals surface area (Å²) in [6, 6.07) is 7.20. The molecule has 2 aromatic carbocycles. The zero-order valence-electron chi connectivity index (χ0n) is 15.7. The molecule has 0 heterocycles. The standard InChI is InChI=1S/C19H17F6NO3S/c1-3-30(28,29)14-7-4-12(5-8-14)15-10-13(6-9-16(15)26-11(2)27)17(18(20,21)22)19(23,24)25/h4-10,17H,3H2,1-2H3,(H,26,27). The molecule has 0 saturated heterocycles. The molecule has 0 spiro atoms. The minimum Gasteiger partial charge on any atom is -0.326 e. The van der Waals surface area contributed by atoms with Crippen LogP contribution in [0.25, 0.3) is 11.1 Å². The summed E-state index contributed by atoms with van der Waals surface area (Å²) in [6.45, 7) is 2.55. The Balaban J connectivity index is 2.67. The molecule has 0 unspecified atom stereocenters. The van der Waals surface area contributed by atoms with E-state index in [1.165, 1.54) is 31.2 Å². The molecule has 11 heteroatoms. The van der Waals surface area contributed by atoms with E-state index in [9.17, 15) is 39.6 Å². The van der Waals surface area contributed by atoms with E-state index in [1.54, 1.807) is 0 Å². The fourth-order valence-corrected chi connectivity index (χ4v) is 3.74. The fraction of sp³-hybridized carbons (Fsp3) is 0.316. The number of rotatable bonds is 5. The molecule has 30 heavy (non-hydrogen) atoms. The Morgan fingerprint density at radius 3 is 1.93 bits per heavy atom. The number of anilines is 1. The van der Waals surface area contributed by atoms with Crippen LogP contribution in [-0.4, -0.2) is 32.4 Å². The molecule has 0 saturated carbocycles. The Morgan fingerprint density at radius 1 is 0.967 bits per heavy atom. The maximum absolute atomic E-state index is 13.1. The maximum Gasteiger partial charge on any atom is 0.404 e. The molecule has 4 nitrogen and oxygen atoms in total. The number of benzene rings is 2. The lowest BCUT2D eigenvalue weighted by Crippen LogP contribution is -2.34. The quantitative estimate of drug-likeness (QED) is 0.624. The van der Waals surface area contributed by atoms with Gasteiger partial charge >= 0.3 is 12.4 Å². The van der Waals surface area contributed by atoms with Crippen molar-refractivity contribution in [2.45, 2.75) is 37.0 Å². The van der Waals surface area contributed by atoms with Gasteiger partial charge in [0.25, 0.3) is 0 Å². The van der Waals surface area contributed by atoms with E-state index in [2.05, 4.69) is 5.32 Å². The van der Waals surface area contributed by atoms with Crippen LogP contribution in [-0.2, 0) is 14.6 Å².